The summed E-state index contributed by atoms with van der Waals surface area (Å²) >= 11 is 0. The number of aryl methyl sites for hydroxylation is 3. The summed E-state index contributed by atoms with van der Waals surface area (Å²) in [5.74, 6) is 0.869. The molecule has 0 atom stereocenters. The zero-order chi connectivity index (χ0) is 14.1. The van der Waals surface area contributed by atoms with E-state index in [0.717, 1.165) is 34.7 Å². The van der Waals surface area contributed by atoms with Crippen LogP contribution in [0, 0.1) is 13.8 Å². The quantitative estimate of drug-likeness (QED) is 0.680. The number of hydrogen-bond acceptors (Lipinski definition) is 4. The zero-order valence-corrected chi connectivity index (χ0v) is 11.9. The molecule has 0 fully saturated rings. The molecular formula is C14H18N6. The Morgan fingerprint density at radius 1 is 1.25 bits per heavy atom. The van der Waals surface area contributed by atoms with Crippen molar-refractivity contribution in [1.82, 2.24) is 25.1 Å². The van der Waals surface area contributed by atoms with Gasteiger partial charge in [0.15, 0.2) is 0 Å². The van der Waals surface area contributed by atoms with Gasteiger partial charge in [-0.2, -0.15) is 5.10 Å². The van der Waals surface area contributed by atoms with Crippen LogP contribution in [0.25, 0.3) is 11.0 Å². The molecule has 3 aromatic rings. The molecule has 3 aromatic heterocycles. The van der Waals surface area contributed by atoms with Crippen LogP contribution >= 0.6 is 0 Å². The van der Waals surface area contributed by atoms with E-state index < -0.39 is 0 Å². The molecule has 0 spiro atoms. The van der Waals surface area contributed by atoms with Crippen LogP contribution in [0.3, 0.4) is 0 Å². The lowest BCUT2D eigenvalue weighted by Gasteiger charge is -2.07. The first-order valence-corrected chi connectivity index (χ1v) is 6.76. The molecule has 0 saturated heterocycles. The van der Waals surface area contributed by atoms with Gasteiger partial charge in [-0.25, -0.2) is 9.97 Å². The van der Waals surface area contributed by atoms with E-state index in [1.165, 1.54) is 11.1 Å². The molecule has 3 N–H and O–H groups in total. The second kappa shape index (κ2) is 4.96. The SMILES string of the molecule is CCc1c[nH]c2ncnc(NCc3c(C)n[nH]c3C)c12. The van der Waals surface area contributed by atoms with Crippen LogP contribution in [-0.4, -0.2) is 25.1 Å². The van der Waals surface area contributed by atoms with Crippen molar-refractivity contribution in [2.75, 3.05) is 5.32 Å². The number of anilines is 1. The summed E-state index contributed by atoms with van der Waals surface area (Å²) in [4.78, 5) is 11.8. The fraction of sp³-hybridized carbons (Fsp3) is 0.357. The minimum atomic E-state index is 0.703. The second-order valence-corrected chi connectivity index (χ2v) is 4.88. The monoisotopic (exact) mass is 270 g/mol. The van der Waals surface area contributed by atoms with Gasteiger partial charge in [0.05, 0.1) is 11.1 Å². The molecule has 0 amide bonds. The lowest BCUT2D eigenvalue weighted by Crippen LogP contribution is -2.04. The molecule has 3 heterocycles. The zero-order valence-electron chi connectivity index (χ0n) is 11.9. The lowest BCUT2D eigenvalue weighted by molar-refractivity contribution is 1.02. The topological polar surface area (TPSA) is 82.3 Å². The largest absolute Gasteiger partial charge is 0.365 e. The summed E-state index contributed by atoms with van der Waals surface area (Å²) in [6.07, 6.45) is 4.53. The number of fused-ring (bicyclic) bond motifs is 1. The maximum atomic E-state index is 4.37. The molecule has 0 aliphatic carbocycles. The van der Waals surface area contributed by atoms with E-state index in [1.807, 2.05) is 20.0 Å². The molecule has 6 nitrogen and oxygen atoms in total. The Hall–Kier alpha value is -2.37. The summed E-state index contributed by atoms with van der Waals surface area (Å²) < 4.78 is 0. The molecular weight excluding hydrogens is 252 g/mol. The molecule has 3 rings (SSSR count). The first-order chi connectivity index (χ1) is 9.70. The third kappa shape index (κ3) is 2.03. The minimum Gasteiger partial charge on any atom is -0.365 e. The maximum absolute atomic E-state index is 4.37. The van der Waals surface area contributed by atoms with Crippen LogP contribution in [-0.2, 0) is 13.0 Å². The normalized spacial score (nSPS) is 11.2. The maximum Gasteiger partial charge on any atom is 0.143 e. The highest BCUT2D eigenvalue weighted by Gasteiger charge is 2.11. The smallest absolute Gasteiger partial charge is 0.143 e. The Bertz CT molecular complexity index is 720. The number of rotatable bonds is 4. The highest BCUT2D eigenvalue weighted by molar-refractivity contribution is 5.90. The molecule has 0 bridgehead atoms. The first-order valence-electron chi connectivity index (χ1n) is 6.76. The number of H-pyrrole nitrogens is 2. The Labute approximate surface area is 117 Å². The molecule has 0 saturated carbocycles. The van der Waals surface area contributed by atoms with Crippen LogP contribution in [0.15, 0.2) is 12.5 Å². The first kappa shape index (κ1) is 12.7. The third-order valence-electron chi connectivity index (χ3n) is 3.65. The average molecular weight is 270 g/mol. The number of hydrogen-bond donors (Lipinski definition) is 3. The molecule has 104 valence electrons. The van der Waals surface area contributed by atoms with Gasteiger partial charge in [-0.15, -0.1) is 0 Å². The van der Waals surface area contributed by atoms with Gasteiger partial charge in [0.2, 0.25) is 0 Å². The highest BCUT2D eigenvalue weighted by Crippen LogP contribution is 2.24. The Morgan fingerprint density at radius 3 is 2.80 bits per heavy atom. The Morgan fingerprint density at radius 2 is 2.10 bits per heavy atom. The van der Waals surface area contributed by atoms with E-state index >= 15 is 0 Å². The van der Waals surface area contributed by atoms with Crippen LogP contribution < -0.4 is 5.32 Å². The fourth-order valence-electron chi connectivity index (χ4n) is 2.45. The van der Waals surface area contributed by atoms with Crippen molar-refractivity contribution in [3.05, 3.63) is 35.0 Å². The molecule has 0 aliphatic rings. The van der Waals surface area contributed by atoms with E-state index in [1.54, 1.807) is 6.33 Å². The van der Waals surface area contributed by atoms with Gasteiger partial charge in [-0.3, -0.25) is 5.10 Å². The van der Waals surface area contributed by atoms with E-state index in [0.29, 0.717) is 6.54 Å². The van der Waals surface area contributed by atoms with Crippen molar-refractivity contribution in [3.8, 4) is 0 Å². The predicted octanol–water partition coefficient (Wildman–Crippen LogP) is 2.47. The molecule has 0 radical (unpaired) electrons. The Balaban J connectivity index is 1.93. The summed E-state index contributed by atoms with van der Waals surface area (Å²) in [5.41, 5.74) is 5.39. The lowest BCUT2D eigenvalue weighted by atomic mass is 10.1. The molecule has 6 heteroatoms. The summed E-state index contributed by atoms with van der Waals surface area (Å²) in [6, 6.07) is 0. The van der Waals surface area contributed by atoms with E-state index in [2.05, 4.69) is 37.4 Å². The minimum absolute atomic E-state index is 0.703. The van der Waals surface area contributed by atoms with E-state index in [4.69, 9.17) is 0 Å². The van der Waals surface area contributed by atoms with E-state index in [-0.39, 0.29) is 0 Å². The summed E-state index contributed by atoms with van der Waals surface area (Å²) in [7, 11) is 0. The van der Waals surface area contributed by atoms with Crippen molar-refractivity contribution in [2.45, 2.75) is 33.7 Å². The standard InChI is InChI=1S/C14H18N6/c1-4-10-5-15-13-12(10)14(18-7-17-13)16-6-11-8(2)19-20-9(11)3/h5,7H,4,6H2,1-3H3,(H,19,20)(H2,15,16,17,18). The summed E-state index contributed by atoms with van der Waals surface area (Å²) in [5, 5.41) is 11.7. The van der Waals surface area contributed by atoms with Crippen molar-refractivity contribution in [1.29, 1.82) is 0 Å². The highest BCUT2D eigenvalue weighted by atomic mass is 15.1. The van der Waals surface area contributed by atoms with Gasteiger partial charge in [-0.05, 0) is 25.8 Å². The van der Waals surface area contributed by atoms with Gasteiger partial charge >= 0.3 is 0 Å². The number of aromatic nitrogens is 5. The van der Waals surface area contributed by atoms with Crippen molar-refractivity contribution in [3.63, 3.8) is 0 Å². The Kier molecular flexibility index (Phi) is 3.14. The number of aromatic amines is 2. The predicted molar refractivity (Wildman–Crippen MR) is 78.7 cm³/mol. The van der Waals surface area contributed by atoms with Crippen molar-refractivity contribution < 1.29 is 0 Å². The third-order valence-corrected chi connectivity index (χ3v) is 3.65. The van der Waals surface area contributed by atoms with Gasteiger partial charge in [0.1, 0.15) is 17.8 Å². The van der Waals surface area contributed by atoms with Gasteiger partial charge in [0, 0.05) is 24.0 Å². The molecule has 0 unspecified atom stereocenters. The molecule has 0 aromatic carbocycles. The van der Waals surface area contributed by atoms with Crippen LogP contribution in [0.2, 0.25) is 0 Å². The average Bonchev–Trinajstić information content (AvgIpc) is 3.01. The second-order valence-electron chi connectivity index (χ2n) is 4.88. The fourth-order valence-corrected chi connectivity index (χ4v) is 2.45. The molecule has 20 heavy (non-hydrogen) atoms. The van der Waals surface area contributed by atoms with Gasteiger partial charge < -0.3 is 10.3 Å². The van der Waals surface area contributed by atoms with E-state index in [9.17, 15) is 0 Å². The van der Waals surface area contributed by atoms with Crippen LogP contribution in [0.5, 0.6) is 0 Å². The number of nitrogens with zero attached hydrogens (tertiary/aromatic N) is 3. The summed E-state index contributed by atoms with van der Waals surface area (Å²) in [6.45, 7) is 6.86. The van der Waals surface area contributed by atoms with Gasteiger partial charge in [-0.1, -0.05) is 6.92 Å². The van der Waals surface area contributed by atoms with Gasteiger partial charge in [0.25, 0.3) is 0 Å². The van der Waals surface area contributed by atoms with Crippen molar-refractivity contribution in [2.24, 2.45) is 0 Å². The number of nitrogens with one attached hydrogen (secondary N) is 3. The van der Waals surface area contributed by atoms with Crippen LogP contribution in [0.1, 0.15) is 29.4 Å². The van der Waals surface area contributed by atoms with Crippen LogP contribution in [0.4, 0.5) is 5.82 Å². The van der Waals surface area contributed by atoms with Crippen molar-refractivity contribution >= 4 is 16.9 Å². The molecule has 0 aliphatic heterocycles.